The van der Waals surface area contributed by atoms with Gasteiger partial charge in [0, 0.05) is 51.5 Å². The number of phosphoric acid groups is 6. The topological polar surface area (TPSA) is 531 Å². The molecule has 550 valence electrons. The van der Waals surface area contributed by atoms with Crippen LogP contribution in [-0.4, -0.2) is 202 Å². The normalized spacial score (nSPS) is 23.5. The first-order valence-corrected chi connectivity index (χ1v) is 38.9. The number of phosphoric ester groups is 6. The lowest BCUT2D eigenvalue weighted by Gasteiger charge is -2.25. The first kappa shape index (κ1) is 87.8. The van der Waals surface area contributed by atoms with Gasteiger partial charge in [0.15, 0.2) is 12.5 Å². The van der Waals surface area contributed by atoms with Crippen LogP contribution >= 0.6 is 46.9 Å². The van der Waals surface area contributed by atoms with Gasteiger partial charge in [0.1, 0.15) is 36.6 Å². The summed E-state index contributed by atoms with van der Waals surface area (Å²) in [6.45, 7) is 7.18. The molecule has 10 N–H and O–H groups in total. The molecular formula is C49H94N4O35P6. The Kier molecular flexibility index (Phi) is 42.5. The average molecular weight is 1490 g/mol. The zero-order valence-electron chi connectivity index (χ0n) is 53.4. The van der Waals surface area contributed by atoms with E-state index >= 15 is 0 Å². The molecule has 14 atom stereocenters. The molecule has 0 bridgehead atoms. The number of methoxy groups -OCH3 is 2. The standard InChI is InChI=1S/C19H34N2O12P2.C18H32N2O14P2.C12H28O9P2/c1-5-7-9-29-34(24,25)31-12-14-15(33-35(26,27)30-10-8-6-2)16(28-4)18(32-14)21-11-13(3)17(22)20-19(21)23;1-29-16-15(34-36(27,28)31-11-5-3-9-22)13(12-32-35(25,26)30-10-4-2-8-21)33-17(16)20-7-6-14(23)19-18(20)24;1-3-5-7-18-22(13,14)20-11-9-17-10-12-21-23(15,16)19-8-6-4-2/h11,14-16,18H,5-10,12H2,1-4H3,(H,24,25)(H,26,27)(H,20,22,23);6-7,13,15-17,21-22H,2-5,8-12H2,1H3,(H,25,26)(H,27,28)(H,19,23,24);3-12H2,1-2H3,(H,13,14)(H,15,16)/t14-,15+,16?,18-;13-,15+,16?,17-;/m11./s1. The minimum absolute atomic E-state index is 0.0117. The van der Waals surface area contributed by atoms with E-state index < -0.39 is 132 Å². The maximum absolute atomic E-state index is 12.6. The summed E-state index contributed by atoms with van der Waals surface area (Å²) in [4.78, 5) is 111. The van der Waals surface area contributed by atoms with E-state index in [0.717, 1.165) is 40.7 Å². The van der Waals surface area contributed by atoms with Crippen LogP contribution in [0.4, 0.5) is 0 Å². The molecule has 0 aromatic carbocycles. The van der Waals surface area contributed by atoms with Crippen molar-refractivity contribution in [2.75, 3.05) is 107 Å². The third kappa shape index (κ3) is 34.7. The molecule has 2 fully saturated rings. The van der Waals surface area contributed by atoms with Crippen LogP contribution in [0.25, 0.3) is 0 Å². The van der Waals surface area contributed by atoms with Crippen molar-refractivity contribution >= 4 is 46.9 Å². The van der Waals surface area contributed by atoms with Gasteiger partial charge in [-0.05, 0) is 58.3 Å². The largest absolute Gasteiger partial charge is 0.472 e. The van der Waals surface area contributed by atoms with Gasteiger partial charge in [-0.1, -0.05) is 53.4 Å². The minimum Gasteiger partial charge on any atom is -0.396 e. The van der Waals surface area contributed by atoms with Gasteiger partial charge in [-0.2, -0.15) is 0 Å². The number of nitrogens with one attached hydrogen (secondary N) is 2. The highest BCUT2D eigenvalue weighted by Gasteiger charge is 2.53. The predicted octanol–water partition coefficient (Wildman–Crippen LogP) is 4.49. The Morgan fingerprint density at radius 3 is 1.15 bits per heavy atom. The van der Waals surface area contributed by atoms with E-state index in [1.165, 1.54) is 27.3 Å². The van der Waals surface area contributed by atoms with E-state index in [-0.39, 0.29) is 91.3 Å². The summed E-state index contributed by atoms with van der Waals surface area (Å²) in [5.41, 5.74) is -2.77. The summed E-state index contributed by atoms with van der Waals surface area (Å²) in [6, 6.07) is 1.04. The number of unbranched alkanes of at least 4 members (excludes halogenated alkanes) is 6. The SMILES string of the molecule is CCCCOP(=O)(O)OCCOCCOP(=O)(O)OCCCC.CCCCOP(=O)(O)OC[C@H]1O[C@@H](n2cc(C)c(=O)[nH]c2=O)C(OC)[C@H]1OP(=O)(O)OCCCC.COC1[C@@H](OP(=O)(O)OCCCCO)[C@@H](COP(=O)(O)OCCCCO)O[C@H]1n1ccc(=O)[nH]c1=O. The molecule has 0 radical (unpaired) electrons. The van der Waals surface area contributed by atoms with Crippen molar-refractivity contribution < 1.29 is 145 Å². The minimum atomic E-state index is -4.73. The molecule has 4 rings (SSSR count). The van der Waals surface area contributed by atoms with Crippen LogP contribution in [0.3, 0.4) is 0 Å². The number of aromatic nitrogens is 4. The zero-order chi connectivity index (χ0) is 70.6. The van der Waals surface area contributed by atoms with E-state index in [1.807, 2.05) is 32.7 Å². The van der Waals surface area contributed by atoms with Gasteiger partial charge >= 0.3 is 58.3 Å². The molecule has 2 aromatic rings. The summed E-state index contributed by atoms with van der Waals surface area (Å²) in [6.07, 6.45) is -1.23. The molecule has 0 saturated carbocycles. The number of ether oxygens (including phenoxy) is 5. The Bertz CT molecular complexity index is 2980. The first-order valence-electron chi connectivity index (χ1n) is 29.9. The van der Waals surface area contributed by atoms with Gasteiger partial charge in [0.05, 0.1) is 79.3 Å². The smallest absolute Gasteiger partial charge is 0.396 e. The Morgan fingerprint density at radius 2 is 0.787 bits per heavy atom. The average Bonchev–Trinajstić information content (AvgIpc) is 1.63. The van der Waals surface area contributed by atoms with E-state index in [0.29, 0.717) is 51.4 Å². The maximum Gasteiger partial charge on any atom is 0.472 e. The molecule has 39 nitrogen and oxygen atoms in total. The zero-order valence-corrected chi connectivity index (χ0v) is 58.8. The second kappa shape index (κ2) is 45.5. The number of aryl methyl sites for hydroxylation is 1. The summed E-state index contributed by atoms with van der Waals surface area (Å²) in [5, 5.41) is 17.6. The number of aliphatic hydroxyl groups excluding tert-OH is 2. The Hall–Kier alpha value is -2.26. The van der Waals surface area contributed by atoms with E-state index in [4.69, 9.17) is 79.1 Å². The summed E-state index contributed by atoms with van der Waals surface area (Å²) < 4.78 is 161. The van der Waals surface area contributed by atoms with Gasteiger partial charge in [-0.15, -0.1) is 0 Å². The predicted molar refractivity (Wildman–Crippen MR) is 328 cm³/mol. The maximum atomic E-state index is 12.6. The molecule has 94 heavy (non-hydrogen) atoms. The molecule has 0 amide bonds. The Morgan fingerprint density at radius 1 is 0.447 bits per heavy atom. The molecule has 0 aliphatic carbocycles. The van der Waals surface area contributed by atoms with E-state index in [2.05, 4.69) is 14.0 Å². The van der Waals surface area contributed by atoms with E-state index in [9.17, 15) is 75.9 Å². The molecule has 8 unspecified atom stereocenters. The highest BCUT2D eigenvalue weighted by Crippen LogP contribution is 2.53. The van der Waals surface area contributed by atoms with Crippen LogP contribution in [0.2, 0.25) is 0 Å². The van der Waals surface area contributed by atoms with Crippen LogP contribution < -0.4 is 22.5 Å². The van der Waals surface area contributed by atoms with Crippen molar-refractivity contribution in [1.82, 2.24) is 19.1 Å². The fraction of sp³-hybridized carbons (Fsp3) is 0.837. The van der Waals surface area contributed by atoms with Gasteiger partial charge < -0.3 is 63.3 Å². The van der Waals surface area contributed by atoms with Gasteiger partial charge in [-0.25, -0.2) is 37.0 Å². The number of H-pyrrole nitrogens is 2. The van der Waals surface area contributed by atoms with Crippen molar-refractivity contribution in [3.8, 4) is 0 Å². The molecule has 2 aliphatic heterocycles. The van der Waals surface area contributed by atoms with Crippen LogP contribution in [0.1, 0.15) is 123 Å². The molecule has 2 saturated heterocycles. The number of nitrogens with zero attached hydrogens (tertiary/aromatic N) is 2. The summed E-state index contributed by atoms with van der Waals surface area (Å²) >= 11 is 0. The number of aliphatic hydroxyl groups is 2. The Balaban J connectivity index is 0.000000493. The van der Waals surface area contributed by atoms with Crippen molar-refractivity contribution in [2.45, 2.75) is 161 Å². The van der Waals surface area contributed by atoms with Gasteiger partial charge in [0.25, 0.3) is 11.1 Å². The van der Waals surface area contributed by atoms with Crippen LogP contribution in [0.5, 0.6) is 0 Å². The van der Waals surface area contributed by atoms with E-state index in [1.54, 1.807) is 0 Å². The Labute approximate surface area is 542 Å². The second-order valence-electron chi connectivity index (χ2n) is 20.1. The van der Waals surface area contributed by atoms with Gasteiger partial charge in [-0.3, -0.25) is 83.0 Å². The fourth-order valence-electron chi connectivity index (χ4n) is 7.75. The number of aromatic amines is 2. The lowest BCUT2D eigenvalue weighted by molar-refractivity contribution is -0.0626. The first-order chi connectivity index (χ1) is 44.3. The third-order valence-electron chi connectivity index (χ3n) is 12.6. The quantitative estimate of drug-likeness (QED) is 0.0322. The monoisotopic (exact) mass is 1480 g/mol. The summed E-state index contributed by atoms with van der Waals surface area (Å²) in [7, 11) is -24.0. The second-order valence-corrected chi connectivity index (χ2v) is 28.7. The molecule has 45 heteroatoms. The third-order valence-corrected chi connectivity index (χ3v) is 18.6. The molecule has 2 aromatic heterocycles. The highest BCUT2D eigenvalue weighted by molar-refractivity contribution is 7.48. The lowest BCUT2D eigenvalue weighted by atomic mass is 10.1. The van der Waals surface area contributed by atoms with Crippen LogP contribution in [-0.2, 0) is 105 Å². The molecule has 2 aliphatic rings. The highest BCUT2D eigenvalue weighted by atomic mass is 31.2. The number of hydrogen-bond acceptors (Lipinski definition) is 29. The van der Waals surface area contributed by atoms with Crippen molar-refractivity contribution in [1.29, 1.82) is 0 Å². The van der Waals surface area contributed by atoms with Crippen molar-refractivity contribution in [3.05, 3.63) is 65.7 Å². The lowest BCUT2D eigenvalue weighted by Crippen LogP contribution is -2.40. The van der Waals surface area contributed by atoms with Crippen LogP contribution in [0.15, 0.2) is 37.6 Å². The number of rotatable bonds is 48. The fourth-order valence-corrected chi connectivity index (χ4v) is 12.7. The van der Waals surface area contributed by atoms with Crippen LogP contribution in [0, 0.1) is 6.92 Å². The molecule has 4 heterocycles. The number of hydrogen-bond donors (Lipinski definition) is 10. The van der Waals surface area contributed by atoms with Gasteiger partial charge in [0.2, 0.25) is 0 Å². The molecule has 0 spiro atoms. The van der Waals surface area contributed by atoms with Crippen molar-refractivity contribution in [3.63, 3.8) is 0 Å². The molecular weight excluding hydrogens is 1390 g/mol. The van der Waals surface area contributed by atoms with Crippen molar-refractivity contribution in [2.24, 2.45) is 0 Å². The summed E-state index contributed by atoms with van der Waals surface area (Å²) in [5.74, 6) is 0.